The lowest BCUT2D eigenvalue weighted by Crippen LogP contribution is -2.45. The lowest BCUT2D eigenvalue weighted by Gasteiger charge is -2.31. The first-order chi connectivity index (χ1) is 13.9. The molecule has 0 saturated carbocycles. The van der Waals surface area contributed by atoms with Crippen LogP contribution >= 0.6 is 11.6 Å². The second kappa shape index (κ2) is 6.67. The van der Waals surface area contributed by atoms with Gasteiger partial charge < -0.3 is 23.5 Å². The van der Waals surface area contributed by atoms with Gasteiger partial charge in [-0.3, -0.25) is 0 Å². The van der Waals surface area contributed by atoms with Crippen LogP contribution in [0.4, 0.5) is 0 Å². The van der Waals surface area contributed by atoms with Crippen molar-refractivity contribution in [2.24, 2.45) is 0 Å². The van der Waals surface area contributed by atoms with E-state index in [0.29, 0.717) is 17.4 Å². The van der Waals surface area contributed by atoms with Crippen LogP contribution in [0.2, 0.25) is 5.15 Å². The molecule has 2 aliphatic rings. The Morgan fingerprint density at radius 1 is 1.07 bits per heavy atom. The number of halogens is 1. The number of hydrogen-bond acceptors (Lipinski definition) is 6. The molecule has 7 nitrogen and oxygen atoms in total. The lowest BCUT2D eigenvalue weighted by atomic mass is 9.98. The molecule has 5 rings (SSSR count). The van der Waals surface area contributed by atoms with E-state index in [-0.39, 0.29) is 12.2 Å². The van der Waals surface area contributed by atoms with Gasteiger partial charge in [-0.1, -0.05) is 29.8 Å². The zero-order chi connectivity index (χ0) is 20.2. The quantitative estimate of drug-likeness (QED) is 0.600. The van der Waals surface area contributed by atoms with Crippen molar-refractivity contribution in [1.82, 2.24) is 14.5 Å². The Morgan fingerprint density at radius 3 is 2.66 bits per heavy atom. The summed E-state index contributed by atoms with van der Waals surface area (Å²) < 4.78 is 26.9. The maximum absolute atomic E-state index is 6.51. The third-order valence-corrected chi connectivity index (χ3v) is 5.71. The molecule has 2 aliphatic heterocycles. The van der Waals surface area contributed by atoms with Crippen molar-refractivity contribution in [2.75, 3.05) is 6.61 Å². The van der Waals surface area contributed by atoms with Crippen LogP contribution in [0, 0.1) is 0 Å². The molecule has 4 heterocycles. The highest BCUT2D eigenvalue weighted by molar-refractivity contribution is 6.33. The molecule has 0 spiro atoms. The Morgan fingerprint density at radius 2 is 1.86 bits per heavy atom. The van der Waals surface area contributed by atoms with Gasteiger partial charge in [-0.25, -0.2) is 9.97 Å². The molecule has 2 fully saturated rings. The Balaban J connectivity index is 1.49. The maximum Gasteiger partial charge on any atom is 0.165 e. The van der Waals surface area contributed by atoms with Crippen molar-refractivity contribution in [3.8, 4) is 5.75 Å². The molecule has 8 heteroatoms. The summed E-state index contributed by atoms with van der Waals surface area (Å²) in [5.74, 6) is 0.0578. The van der Waals surface area contributed by atoms with Crippen LogP contribution in [0.3, 0.4) is 0 Å². The summed E-state index contributed by atoms with van der Waals surface area (Å²) in [5, 5.41) is 1.17. The molecule has 0 bridgehead atoms. The molecule has 0 radical (unpaired) electrons. The van der Waals surface area contributed by atoms with Crippen LogP contribution in [-0.2, 0) is 14.2 Å². The first-order valence-corrected chi connectivity index (χ1v) is 9.92. The van der Waals surface area contributed by atoms with E-state index in [1.807, 2.05) is 67.9 Å². The predicted octanol–water partition coefficient (Wildman–Crippen LogP) is 3.97. The van der Waals surface area contributed by atoms with Gasteiger partial charge in [-0.05, 0) is 39.0 Å². The van der Waals surface area contributed by atoms with Gasteiger partial charge in [-0.15, -0.1) is 0 Å². The van der Waals surface area contributed by atoms with E-state index >= 15 is 0 Å². The highest BCUT2D eigenvalue weighted by Crippen LogP contribution is 2.48. The van der Waals surface area contributed by atoms with Crippen molar-refractivity contribution in [3.05, 3.63) is 54.1 Å². The topological polar surface area (TPSA) is 67.6 Å². The summed E-state index contributed by atoms with van der Waals surface area (Å²) in [6.45, 7) is 6.14. The van der Waals surface area contributed by atoms with Gasteiger partial charge in [0.15, 0.2) is 12.0 Å². The van der Waals surface area contributed by atoms with Crippen molar-refractivity contribution in [2.45, 2.75) is 50.6 Å². The summed E-state index contributed by atoms with van der Waals surface area (Å²) in [4.78, 5) is 8.45. The average molecular weight is 416 g/mol. The number of fused-ring (bicyclic) bond motifs is 2. The number of hydrogen-bond donors (Lipinski definition) is 0. The van der Waals surface area contributed by atoms with Gasteiger partial charge >= 0.3 is 0 Å². The second-order valence-electron chi connectivity index (χ2n) is 8.07. The first-order valence-electron chi connectivity index (χ1n) is 9.55. The normalized spacial score (nSPS) is 30.6. The smallest absolute Gasteiger partial charge is 0.165 e. The molecule has 152 valence electrons. The molecule has 2 aromatic heterocycles. The van der Waals surface area contributed by atoms with Crippen LogP contribution in [0.5, 0.6) is 5.75 Å². The monoisotopic (exact) mass is 415 g/mol. The van der Waals surface area contributed by atoms with E-state index < -0.39 is 17.6 Å². The van der Waals surface area contributed by atoms with Crippen LogP contribution in [-0.4, -0.2) is 44.7 Å². The summed E-state index contributed by atoms with van der Waals surface area (Å²) in [7, 11) is 0. The summed E-state index contributed by atoms with van der Waals surface area (Å²) >= 11 is 6.23. The summed E-state index contributed by atoms with van der Waals surface area (Å²) in [5.41, 5.74) is -0.0258. The van der Waals surface area contributed by atoms with Crippen molar-refractivity contribution in [3.63, 3.8) is 0 Å². The zero-order valence-corrected chi connectivity index (χ0v) is 17.2. The van der Waals surface area contributed by atoms with Crippen LogP contribution in [0.1, 0.15) is 27.0 Å². The minimum absolute atomic E-state index is 0.305. The van der Waals surface area contributed by atoms with Gasteiger partial charge in [0.1, 0.15) is 47.3 Å². The highest BCUT2D eigenvalue weighted by Gasteiger charge is 2.62. The molecular weight excluding hydrogens is 394 g/mol. The van der Waals surface area contributed by atoms with Crippen molar-refractivity contribution < 1.29 is 18.9 Å². The third kappa shape index (κ3) is 3.18. The van der Waals surface area contributed by atoms with E-state index in [0.717, 1.165) is 11.1 Å². The molecule has 0 N–H and O–H groups in total. The third-order valence-electron chi connectivity index (χ3n) is 5.41. The standard InChI is InChI=1S/C21H22ClN3O4/c1-20(2)27-15-16(28-20)21(3,11-26-13-7-5-4-6-8-13)29-19(15)25-10-9-14-17(22)23-12-24-18(14)25/h4-10,12,15-16,19H,11H2,1-3H3/t15-,16-,19-,21-/m1/s1. The zero-order valence-electron chi connectivity index (χ0n) is 16.4. The lowest BCUT2D eigenvalue weighted by molar-refractivity contribution is -0.220. The summed E-state index contributed by atoms with van der Waals surface area (Å²) in [6, 6.07) is 11.5. The molecule has 0 amide bonds. The number of para-hydroxylation sites is 1. The van der Waals surface area contributed by atoms with Crippen LogP contribution in [0.25, 0.3) is 11.0 Å². The second-order valence-corrected chi connectivity index (χ2v) is 8.43. The van der Waals surface area contributed by atoms with Gasteiger partial charge in [0.25, 0.3) is 0 Å². The minimum Gasteiger partial charge on any atom is -0.490 e. The van der Waals surface area contributed by atoms with Gasteiger partial charge in [0.05, 0.1) is 5.39 Å². The van der Waals surface area contributed by atoms with E-state index in [1.165, 1.54) is 6.33 Å². The van der Waals surface area contributed by atoms with Crippen molar-refractivity contribution >= 4 is 22.6 Å². The average Bonchev–Trinajstić information content (AvgIpc) is 3.33. The molecule has 0 unspecified atom stereocenters. The van der Waals surface area contributed by atoms with E-state index in [9.17, 15) is 0 Å². The fourth-order valence-corrected chi connectivity index (χ4v) is 4.29. The SMILES string of the molecule is CC1(C)O[C@H]2[C@H](n3ccc4c(Cl)ncnc43)O[C@](C)(COc3ccccc3)[C@@H]2O1. The maximum atomic E-state index is 6.51. The first kappa shape index (κ1) is 18.8. The Bertz CT molecular complexity index is 1040. The summed E-state index contributed by atoms with van der Waals surface area (Å²) in [6.07, 6.45) is 2.28. The van der Waals surface area contributed by atoms with E-state index in [1.54, 1.807) is 0 Å². The molecule has 0 aliphatic carbocycles. The number of nitrogens with zero attached hydrogens (tertiary/aromatic N) is 3. The number of ether oxygens (including phenoxy) is 4. The van der Waals surface area contributed by atoms with Crippen molar-refractivity contribution in [1.29, 1.82) is 0 Å². The Labute approximate surface area is 173 Å². The highest BCUT2D eigenvalue weighted by atomic mass is 35.5. The molecular formula is C21H22ClN3O4. The Kier molecular flexibility index (Phi) is 4.33. The fourth-order valence-electron chi connectivity index (χ4n) is 4.10. The minimum atomic E-state index is -0.721. The molecule has 3 aromatic rings. The fraction of sp³-hybridized carbons (Fsp3) is 0.429. The number of aromatic nitrogens is 3. The van der Waals surface area contributed by atoms with E-state index in [2.05, 4.69) is 9.97 Å². The predicted molar refractivity (Wildman–Crippen MR) is 107 cm³/mol. The Hall–Kier alpha value is -2.19. The van der Waals surface area contributed by atoms with Crippen LogP contribution < -0.4 is 4.74 Å². The van der Waals surface area contributed by atoms with E-state index in [4.69, 9.17) is 30.5 Å². The molecule has 1 aromatic carbocycles. The molecule has 2 saturated heterocycles. The van der Waals surface area contributed by atoms with Gasteiger partial charge in [-0.2, -0.15) is 0 Å². The van der Waals surface area contributed by atoms with Gasteiger partial charge in [0, 0.05) is 6.20 Å². The molecule has 29 heavy (non-hydrogen) atoms. The largest absolute Gasteiger partial charge is 0.490 e. The van der Waals surface area contributed by atoms with Gasteiger partial charge in [0.2, 0.25) is 0 Å². The number of rotatable bonds is 4. The van der Waals surface area contributed by atoms with Crippen LogP contribution in [0.15, 0.2) is 48.9 Å². The molecule has 4 atom stereocenters. The number of benzene rings is 1.